The molecule has 0 N–H and O–H groups in total. The minimum atomic E-state index is -0.455. The minimum absolute atomic E-state index is 0.202. The predicted molar refractivity (Wildman–Crippen MR) is 86.6 cm³/mol. The van der Waals surface area contributed by atoms with Crippen molar-refractivity contribution in [1.82, 2.24) is 9.88 Å². The summed E-state index contributed by atoms with van der Waals surface area (Å²) in [5.41, 5.74) is -0.455. The first-order chi connectivity index (χ1) is 9.76. The average Bonchev–Trinajstić information content (AvgIpc) is 2.36. The van der Waals surface area contributed by atoms with Gasteiger partial charge in [0.2, 0.25) is 0 Å². The number of carbonyl (C=O) groups excluding carboxylic acids is 1. The molecule has 1 aliphatic rings. The smallest absolute Gasteiger partial charge is 0.410 e. The monoisotopic (exact) mass is 355 g/mol. The molecular formula is C15H22BrN3O2. The van der Waals surface area contributed by atoms with Crippen molar-refractivity contribution in [2.75, 3.05) is 24.5 Å². The number of carbonyl (C=O) groups is 1. The van der Waals surface area contributed by atoms with Crippen LogP contribution in [-0.2, 0) is 4.74 Å². The lowest BCUT2D eigenvalue weighted by Crippen LogP contribution is -2.54. The van der Waals surface area contributed by atoms with Crippen molar-refractivity contribution in [3.05, 3.63) is 22.8 Å². The Labute approximate surface area is 134 Å². The van der Waals surface area contributed by atoms with E-state index in [1.54, 1.807) is 4.90 Å². The Kier molecular flexibility index (Phi) is 4.76. The van der Waals surface area contributed by atoms with E-state index in [0.29, 0.717) is 13.1 Å². The van der Waals surface area contributed by atoms with Gasteiger partial charge in [0.05, 0.1) is 0 Å². The van der Waals surface area contributed by atoms with E-state index in [1.807, 2.05) is 39.0 Å². The van der Waals surface area contributed by atoms with Crippen LogP contribution in [0.3, 0.4) is 0 Å². The molecule has 0 bridgehead atoms. The summed E-state index contributed by atoms with van der Waals surface area (Å²) in [7, 11) is 0. The first-order valence-electron chi connectivity index (χ1n) is 7.13. The lowest BCUT2D eigenvalue weighted by atomic mass is 10.2. The summed E-state index contributed by atoms with van der Waals surface area (Å²) in [6, 6.07) is 6.07. The molecule has 0 unspecified atom stereocenters. The number of pyridine rings is 1. The minimum Gasteiger partial charge on any atom is -0.444 e. The zero-order valence-electron chi connectivity index (χ0n) is 13.0. The molecular weight excluding hydrogens is 334 g/mol. The molecule has 1 aromatic heterocycles. The number of aromatic nitrogens is 1. The number of nitrogens with zero attached hydrogens (tertiary/aromatic N) is 3. The quantitative estimate of drug-likeness (QED) is 0.725. The first kappa shape index (κ1) is 16.1. The van der Waals surface area contributed by atoms with Crippen molar-refractivity contribution in [2.45, 2.75) is 39.3 Å². The van der Waals surface area contributed by atoms with E-state index in [0.717, 1.165) is 17.0 Å². The van der Waals surface area contributed by atoms with Gasteiger partial charge in [-0.3, -0.25) is 0 Å². The van der Waals surface area contributed by atoms with Gasteiger partial charge in [-0.05, 0) is 55.8 Å². The molecule has 0 saturated carbocycles. The molecule has 1 saturated heterocycles. The van der Waals surface area contributed by atoms with Crippen molar-refractivity contribution in [3.63, 3.8) is 0 Å². The van der Waals surface area contributed by atoms with Gasteiger partial charge in [0, 0.05) is 25.7 Å². The van der Waals surface area contributed by atoms with Crippen LogP contribution in [0.5, 0.6) is 0 Å². The molecule has 0 radical (unpaired) electrons. The Morgan fingerprint density at radius 3 is 2.67 bits per heavy atom. The molecule has 5 nitrogen and oxygen atoms in total. The van der Waals surface area contributed by atoms with E-state index >= 15 is 0 Å². The Balaban J connectivity index is 2.01. The molecule has 2 heterocycles. The second-order valence-corrected chi connectivity index (χ2v) is 7.10. The van der Waals surface area contributed by atoms with E-state index in [2.05, 4.69) is 32.7 Å². The van der Waals surface area contributed by atoms with Crippen LogP contribution in [0.1, 0.15) is 27.7 Å². The van der Waals surface area contributed by atoms with Crippen molar-refractivity contribution in [3.8, 4) is 0 Å². The molecule has 2 rings (SSSR count). The Morgan fingerprint density at radius 1 is 1.38 bits per heavy atom. The van der Waals surface area contributed by atoms with Gasteiger partial charge in [0.25, 0.3) is 0 Å². The molecule has 6 heteroatoms. The maximum atomic E-state index is 12.1. The highest BCUT2D eigenvalue weighted by Gasteiger charge is 2.30. The fraction of sp³-hybridized carbons (Fsp3) is 0.600. The molecule has 1 fully saturated rings. The molecule has 0 spiro atoms. The number of halogens is 1. The third kappa shape index (κ3) is 4.33. The van der Waals surface area contributed by atoms with Crippen LogP contribution in [0, 0.1) is 0 Å². The zero-order chi connectivity index (χ0) is 15.6. The lowest BCUT2D eigenvalue weighted by molar-refractivity contribution is 0.0218. The van der Waals surface area contributed by atoms with Gasteiger partial charge in [-0.2, -0.15) is 0 Å². The van der Waals surface area contributed by atoms with Gasteiger partial charge >= 0.3 is 6.09 Å². The summed E-state index contributed by atoms with van der Waals surface area (Å²) in [6.07, 6.45) is -0.240. The van der Waals surface area contributed by atoms with E-state index < -0.39 is 5.60 Å². The Morgan fingerprint density at radius 2 is 2.10 bits per heavy atom. The number of anilines is 1. The highest BCUT2D eigenvalue weighted by molar-refractivity contribution is 9.10. The fourth-order valence-corrected chi connectivity index (χ4v) is 2.68. The molecule has 116 valence electrons. The molecule has 21 heavy (non-hydrogen) atoms. The van der Waals surface area contributed by atoms with E-state index in [9.17, 15) is 4.79 Å². The molecule has 1 aromatic rings. The third-order valence-corrected chi connectivity index (χ3v) is 3.72. The lowest BCUT2D eigenvalue weighted by Gasteiger charge is -2.40. The van der Waals surface area contributed by atoms with Crippen molar-refractivity contribution in [2.24, 2.45) is 0 Å². The van der Waals surface area contributed by atoms with Gasteiger partial charge in [0.1, 0.15) is 16.0 Å². The molecule has 0 aromatic carbocycles. The summed E-state index contributed by atoms with van der Waals surface area (Å²) in [5, 5.41) is 0. The number of piperazine rings is 1. The van der Waals surface area contributed by atoms with E-state index in [4.69, 9.17) is 4.74 Å². The van der Waals surface area contributed by atoms with Crippen LogP contribution in [0.15, 0.2) is 22.8 Å². The van der Waals surface area contributed by atoms with Crippen LogP contribution >= 0.6 is 15.9 Å². The maximum absolute atomic E-state index is 12.1. The highest BCUT2D eigenvalue weighted by atomic mass is 79.9. The second-order valence-electron chi connectivity index (χ2n) is 6.29. The second kappa shape index (κ2) is 6.22. The van der Waals surface area contributed by atoms with Crippen molar-refractivity contribution >= 4 is 27.8 Å². The highest BCUT2D eigenvalue weighted by Crippen LogP contribution is 2.21. The van der Waals surface area contributed by atoms with Crippen LogP contribution < -0.4 is 4.90 Å². The summed E-state index contributed by atoms with van der Waals surface area (Å²) < 4.78 is 6.25. The zero-order valence-corrected chi connectivity index (χ0v) is 14.6. The summed E-state index contributed by atoms with van der Waals surface area (Å²) >= 11 is 3.39. The fourth-order valence-electron chi connectivity index (χ4n) is 2.35. The first-order valence-corrected chi connectivity index (χ1v) is 7.93. The van der Waals surface area contributed by atoms with Gasteiger partial charge < -0.3 is 14.5 Å². The molecule has 0 aliphatic carbocycles. The third-order valence-electron chi connectivity index (χ3n) is 3.27. The summed E-state index contributed by atoms with van der Waals surface area (Å²) in [4.78, 5) is 20.6. The Bertz CT molecular complexity index is 516. The normalized spacial score (nSPS) is 19.6. The van der Waals surface area contributed by atoms with Gasteiger partial charge in [0.15, 0.2) is 0 Å². The predicted octanol–water partition coefficient (Wildman–Crippen LogP) is 3.29. The Hall–Kier alpha value is -1.30. The number of hydrogen-bond donors (Lipinski definition) is 0. The number of hydrogen-bond acceptors (Lipinski definition) is 4. The van der Waals surface area contributed by atoms with Gasteiger partial charge in [-0.25, -0.2) is 9.78 Å². The van der Waals surface area contributed by atoms with Crippen LogP contribution in [0.4, 0.5) is 10.6 Å². The molecule has 1 atom stereocenters. The number of ether oxygens (including phenoxy) is 1. The summed E-state index contributed by atoms with van der Waals surface area (Å²) in [6.45, 7) is 9.79. The van der Waals surface area contributed by atoms with Gasteiger partial charge in [-0.15, -0.1) is 0 Å². The van der Waals surface area contributed by atoms with Crippen LogP contribution in [-0.4, -0.2) is 47.3 Å². The van der Waals surface area contributed by atoms with E-state index in [-0.39, 0.29) is 12.1 Å². The topological polar surface area (TPSA) is 45.7 Å². The van der Waals surface area contributed by atoms with Gasteiger partial charge in [-0.1, -0.05) is 6.07 Å². The van der Waals surface area contributed by atoms with Crippen molar-refractivity contribution < 1.29 is 9.53 Å². The van der Waals surface area contributed by atoms with Crippen LogP contribution in [0.2, 0.25) is 0 Å². The summed E-state index contributed by atoms with van der Waals surface area (Å²) in [5.74, 6) is 0.931. The largest absolute Gasteiger partial charge is 0.444 e. The number of amides is 1. The standard InChI is InChI=1S/C15H22BrN3O2/c1-11-10-18(14(20)21-15(2,3)4)8-9-19(11)13-7-5-6-12(16)17-13/h5-7,11H,8-10H2,1-4H3/t11-/m1/s1. The maximum Gasteiger partial charge on any atom is 0.410 e. The van der Waals surface area contributed by atoms with Crippen molar-refractivity contribution in [1.29, 1.82) is 0 Å². The SMILES string of the molecule is C[C@@H]1CN(C(=O)OC(C)(C)C)CCN1c1cccc(Br)n1. The average molecular weight is 356 g/mol. The number of rotatable bonds is 1. The molecule has 1 amide bonds. The molecule has 1 aliphatic heterocycles. The van der Waals surface area contributed by atoms with Crippen LogP contribution in [0.25, 0.3) is 0 Å². The van der Waals surface area contributed by atoms with E-state index in [1.165, 1.54) is 0 Å².